The molecule has 0 heterocycles. The highest BCUT2D eigenvalue weighted by Crippen LogP contribution is 2.37. The van der Waals surface area contributed by atoms with Gasteiger partial charge < -0.3 is 10.1 Å². The second-order valence-corrected chi connectivity index (χ2v) is 8.21. The Morgan fingerprint density at radius 1 is 1.15 bits per heavy atom. The standard InChI is InChI=1S/C18H37NO/c1-8-16-9-11-18(12-10-16,13-19-17(5,6)7)20-15(4)14(2)3/h14-16,19H,8-13H2,1-7H3. The summed E-state index contributed by atoms with van der Waals surface area (Å²) in [5.41, 5.74) is 0.224. The molecule has 0 aliphatic heterocycles. The molecular weight excluding hydrogens is 246 g/mol. The van der Waals surface area contributed by atoms with E-state index in [9.17, 15) is 0 Å². The van der Waals surface area contributed by atoms with E-state index in [0.717, 1.165) is 12.5 Å². The van der Waals surface area contributed by atoms with E-state index in [4.69, 9.17) is 4.74 Å². The van der Waals surface area contributed by atoms with E-state index < -0.39 is 0 Å². The molecule has 1 N–H and O–H groups in total. The number of rotatable bonds is 6. The van der Waals surface area contributed by atoms with Crippen molar-refractivity contribution in [2.45, 2.75) is 97.8 Å². The molecule has 1 fully saturated rings. The van der Waals surface area contributed by atoms with Gasteiger partial charge in [0.15, 0.2) is 0 Å². The Bertz CT molecular complexity index is 272. The summed E-state index contributed by atoms with van der Waals surface area (Å²) in [6.45, 7) is 16.8. The maximum atomic E-state index is 6.57. The molecule has 1 unspecified atom stereocenters. The van der Waals surface area contributed by atoms with E-state index in [2.05, 4.69) is 53.8 Å². The van der Waals surface area contributed by atoms with Crippen LogP contribution in [0.25, 0.3) is 0 Å². The van der Waals surface area contributed by atoms with Crippen LogP contribution >= 0.6 is 0 Å². The third-order valence-corrected chi connectivity index (χ3v) is 4.91. The van der Waals surface area contributed by atoms with E-state index in [1.54, 1.807) is 0 Å². The lowest BCUT2D eigenvalue weighted by atomic mass is 9.77. The third-order valence-electron chi connectivity index (χ3n) is 4.91. The molecule has 0 aromatic rings. The van der Waals surface area contributed by atoms with Crippen molar-refractivity contribution in [1.82, 2.24) is 5.32 Å². The Labute approximate surface area is 127 Å². The molecular formula is C18H37NO. The van der Waals surface area contributed by atoms with Gasteiger partial charge in [-0.25, -0.2) is 0 Å². The maximum absolute atomic E-state index is 6.57. The van der Waals surface area contributed by atoms with Crippen molar-refractivity contribution in [1.29, 1.82) is 0 Å². The van der Waals surface area contributed by atoms with Crippen LogP contribution in [0, 0.1) is 11.8 Å². The lowest BCUT2D eigenvalue weighted by Crippen LogP contribution is -2.52. The molecule has 1 rings (SSSR count). The number of hydrogen-bond acceptors (Lipinski definition) is 2. The summed E-state index contributed by atoms with van der Waals surface area (Å²) in [7, 11) is 0. The van der Waals surface area contributed by atoms with Crippen LogP contribution in [0.15, 0.2) is 0 Å². The van der Waals surface area contributed by atoms with Gasteiger partial charge in [-0.1, -0.05) is 27.2 Å². The molecule has 0 aromatic heterocycles. The third kappa shape index (κ3) is 5.73. The molecule has 1 atom stereocenters. The van der Waals surface area contributed by atoms with Crippen molar-refractivity contribution in [2.75, 3.05) is 6.54 Å². The number of ether oxygens (including phenoxy) is 1. The minimum atomic E-state index is 0.0582. The zero-order valence-corrected chi connectivity index (χ0v) is 14.9. The van der Waals surface area contributed by atoms with E-state index >= 15 is 0 Å². The van der Waals surface area contributed by atoms with Crippen LogP contribution in [0.3, 0.4) is 0 Å². The Hall–Kier alpha value is -0.0800. The SMILES string of the molecule is CCC1CCC(CNC(C)(C)C)(OC(C)C(C)C)CC1. The first-order valence-electron chi connectivity index (χ1n) is 8.60. The molecule has 20 heavy (non-hydrogen) atoms. The molecule has 2 nitrogen and oxygen atoms in total. The predicted molar refractivity (Wildman–Crippen MR) is 88.1 cm³/mol. The van der Waals surface area contributed by atoms with Gasteiger partial charge in [-0.05, 0) is 65.2 Å². The molecule has 1 aliphatic carbocycles. The average Bonchev–Trinajstić information content (AvgIpc) is 2.36. The van der Waals surface area contributed by atoms with Gasteiger partial charge in [0.2, 0.25) is 0 Å². The fraction of sp³-hybridized carbons (Fsp3) is 1.00. The van der Waals surface area contributed by atoms with Gasteiger partial charge in [0.1, 0.15) is 0 Å². The smallest absolute Gasteiger partial charge is 0.0810 e. The van der Waals surface area contributed by atoms with E-state index in [1.165, 1.54) is 32.1 Å². The van der Waals surface area contributed by atoms with E-state index in [-0.39, 0.29) is 11.1 Å². The fourth-order valence-electron chi connectivity index (χ4n) is 2.90. The average molecular weight is 284 g/mol. The molecule has 2 heteroatoms. The first-order chi connectivity index (χ1) is 9.17. The Morgan fingerprint density at radius 3 is 2.10 bits per heavy atom. The van der Waals surface area contributed by atoms with E-state index in [1.807, 2.05) is 0 Å². The number of nitrogens with one attached hydrogen (secondary N) is 1. The summed E-state index contributed by atoms with van der Waals surface area (Å²) in [5.74, 6) is 1.50. The van der Waals surface area contributed by atoms with Gasteiger partial charge >= 0.3 is 0 Å². The normalized spacial score (nSPS) is 29.7. The van der Waals surface area contributed by atoms with Gasteiger partial charge in [-0.3, -0.25) is 0 Å². The van der Waals surface area contributed by atoms with Crippen LogP contribution < -0.4 is 5.32 Å². The lowest BCUT2D eigenvalue weighted by molar-refractivity contribution is -0.127. The molecule has 0 radical (unpaired) electrons. The summed E-state index contributed by atoms with van der Waals surface area (Å²) in [6, 6.07) is 0. The van der Waals surface area contributed by atoms with Gasteiger partial charge in [0, 0.05) is 12.1 Å². The lowest BCUT2D eigenvalue weighted by Gasteiger charge is -2.44. The molecule has 1 saturated carbocycles. The molecule has 0 spiro atoms. The van der Waals surface area contributed by atoms with E-state index in [0.29, 0.717) is 12.0 Å². The quantitative estimate of drug-likeness (QED) is 0.758. The van der Waals surface area contributed by atoms with Crippen molar-refractivity contribution in [3.63, 3.8) is 0 Å². The molecule has 1 aliphatic rings. The molecule has 0 saturated heterocycles. The molecule has 0 bridgehead atoms. The van der Waals surface area contributed by atoms with Crippen molar-refractivity contribution in [3.8, 4) is 0 Å². The van der Waals surface area contributed by atoms with Gasteiger partial charge in [-0.15, -0.1) is 0 Å². The number of hydrogen-bond donors (Lipinski definition) is 1. The monoisotopic (exact) mass is 283 g/mol. The van der Waals surface area contributed by atoms with Crippen molar-refractivity contribution in [2.24, 2.45) is 11.8 Å². The summed E-state index contributed by atoms with van der Waals surface area (Å²) in [4.78, 5) is 0. The summed E-state index contributed by atoms with van der Waals surface area (Å²) in [5, 5.41) is 3.68. The van der Waals surface area contributed by atoms with Gasteiger partial charge in [0.05, 0.1) is 11.7 Å². The van der Waals surface area contributed by atoms with Gasteiger partial charge in [-0.2, -0.15) is 0 Å². The topological polar surface area (TPSA) is 21.3 Å². The van der Waals surface area contributed by atoms with Crippen molar-refractivity contribution in [3.05, 3.63) is 0 Å². The fourth-order valence-corrected chi connectivity index (χ4v) is 2.90. The van der Waals surface area contributed by atoms with Crippen molar-refractivity contribution < 1.29 is 4.74 Å². The van der Waals surface area contributed by atoms with Gasteiger partial charge in [0.25, 0.3) is 0 Å². The molecule has 0 amide bonds. The Balaban J connectivity index is 2.68. The summed E-state index contributed by atoms with van der Waals surface area (Å²) < 4.78 is 6.57. The maximum Gasteiger partial charge on any atom is 0.0810 e. The largest absolute Gasteiger partial charge is 0.370 e. The Morgan fingerprint density at radius 2 is 1.70 bits per heavy atom. The second kappa shape index (κ2) is 7.26. The highest BCUT2D eigenvalue weighted by Gasteiger charge is 2.38. The molecule has 120 valence electrons. The summed E-state index contributed by atoms with van der Waals surface area (Å²) >= 11 is 0. The second-order valence-electron chi connectivity index (χ2n) is 8.21. The zero-order valence-electron chi connectivity index (χ0n) is 14.9. The minimum Gasteiger partial charge on any atom is -0.370 e. The van der Waals surface area contributed by atoms with Crippen LogP contribution in [-0.2, 0) is 4.74 Å². The first-order valence-corrected chi connectivity index (χ1v) is 8.60. The predicted octanol–water partition coefficient (Wildman–Crippen LogP) is 4.77. The minimum absolute atomic E-state index is 0.0582. The summed E-state index contributed by atoms with van der Waals surface area (Å²) in [6.07, 6.45) is 6.75. The zero-order chi connectivity index (χ0) is 15.4. The van der Waals surface area contributed by atoms with Crippen LogP contribution in [-0.4, -0.2) is 23.8 Å². The highest BCUT2D eigenvalue weighted by atomic mass is 16.5. The first kappa shape index (κ1) is 18.0. The molecule has 0 aromatic carbocycles. The van der Waals surface area contributed by atoms with Crippen molar-refractivity contribution >= 4 is 0 Å². The Kier molecular flexibility index (Phi) is 6.53. The van der Waals surface area contributed by atoms with Crippen LogP contribution in [0.1, 0.15) is 80.6 Å². The van der Waals surface area contributed by atoms with Crippen LogP contribution in [0.5, 0.6) is 0 Å². The van der Waals surface area contributed by atoms with Crippen LogP contribution in [0.4, 0.5) is 0 Å². The van der Waals surface area contributed by atoms with Crippen LogP contribution in [0.2, 0.25) is 0 Å². The highest BCUT2D eigenvalue weighted by molar-refractivity contribution is 4.92.